The molecule has 0 radical (unpaired) electrons. The SMILES string of the molecule is Cc1noc2c(N3CCC(N)CC3)c(-c3cn[nH]c3)c(F)cc12. The number of piperidine rings is 1. The summed E-state index contributed by atoms with van der Waals surface area (Å²) in [4.78, 5) is 2.14. The van der Waals surface area contributed by atoms with Gasteiger partial charge in [-0.15, -0.1) is 0 Å². The van der Waals surface area contributed by atoms with E-state index < -0.39 is 0 Å². The van der Waals surface area contributed by atoms with Crippen LogP contribution in [0.3, 0.4) is 0 Å². The molecule has 3 aromatic rings. The lowest BCUT2D eigenvalue weighted by Gasteiger charge is -2.33. The molecule has 0 amide bonds. The van der Waals surface area contributed by atoms with Crippen molar-refractivity contribution in [2.45, 2.75) is 25.8 Å². The Morgan fingerprint density at radius 1 is 1.39 bits per heavy atom. The molecular weight excluding hydrogens is 297 g/mol. The van der Waals surface area contributed by atoms with Gasteiger partial charge in [-0.05, 0) is 25.8 Å². The van der Waals surface area contributed by atoms with Crippen molar-refractivity contribution < 1.29 is 8.91 Å². The molecule has 7 heteroatoms. The zero-order valence-corrected chi connectivity index (χ0v) is 12.8. The van der Waals surface area contributed by atoms with Gasteiger partial charge in [0.05, 0.1) is 17.6 Å². The highest BCUT2D eigenvalue weighted by molar-refractivity contribution is 5.99. The highest BCUT2D eigenvalue weighted by atomic mass is 19.1. The van der Waals surface area contributed by atoms with Crippen LogP contribution in [0.1, 0.15) is 18.5 Å². The molecule has 120 valence electrons. The second-order valence-corrected chi connectivity index (χ2v) is 6.04. The van der Waals surface area contributed by atoms with Gasteiger partial charge in [-0.2, -0.15) is 5.10 Å². The summed E-state index contributed by atoms with van der Waals surface area (Å²) in [5.74, 6) is -0.296. The van der Waals surface area contributed by atoms with Crippen LogP contribution in [0.5, 0.6) is 0 Å². The first-order valence-electron chi connectivity index (χ1n) is 7.73. The van der Waals surface area contributed by atoms with Crippen LogP contribution in [0.15, 0.2) is 23.0 Å². The van der Waals surface area contributed by atoms with Crippen LogP contribution in [-0.4, -0.2) is 34.5 Å². The monoisotopic (exact) mass is 315 g/mol. The molecule has 1 aliphatic heterocycles. The number of rotatable bonds is 2. The number of hydrogen-bond donors (Lipinski definition) is 2. The normalized spacial score (nSPS) is 16.4. The molecule has 0 saturated carbocycles. The number of fused-ring (bicyclic) bond motifs is 1. The molecule has 4 rings (SSSR count). The molecule has 1 aromatic carbocycles. The first kappa shape index (κ1) is 14.2. The fourth-order valence-corrected chi connectivity index (χ4v) is 3.23. The third-order valence-electron chi connectivity index (χ3n) is 4.51. The van der Waals surface area contributed by atoms with Crippen molar-refractivity contribution in [1.29, 1.82) is 0 Å². The molecule has 1 saturated heterocycles. The van der Waals surface area contributed by atoms with Crippen molar-refractivity contribution in [1.82, 2.24) is 15.4 Å². The Labute approximate surface area is 132 Å². The van der Waals surface area contributed by atoms with Crippen LogP contribution in [0.2, 0.25) is 0 Å². The van der Waals surface area contributed by atoms with Gasteiger partial charge in [-0.25, -0.2) is 4.39 Å². The van der Waals surface area contributed by atoms with Crippen molar-refractivity contribution in [2.24, 2.45) is 5.73 Å². The van der Waals surface area contributed by atoms with Crippen LogP contribution >= 0.6 is 0 Å². The summed E-state index contributed by atoms with van der Waals surface area (Å²) in [5.41, 5.74) is 9.25. The van der Waals surface area contributed by atoms with Gasteiger partial charge in [0.15, 0.2) is 5.58 Å². The van der Waals surface area contributed by atoms with E-state index >= 15 is 0 Å². The van der Waals surface area contributed by atoms with Gasteiger partial charge in [0, 0.05) is 41.8 Å². The molecule has 0 bridgehead atoms. The van der Waals surface area contributed by atoms with Crippen LogP contribution in [0, 0.1) is 12.7 Å². The van der Waals surface area contributed by atoms with Crippen LogP contribution in [0.4, 0.5) is 10.1 Å². The Balaban J connectivity index is 1.96. The summed E-state index contributed by atoms with van der Waals surface area (Å²) in [5, 5.41) is 11.4. The van der Waals surface area contributed by atoms with Gasteiger partial charge >= 0.3 is 0 Å². The summed E-state index contributed by atoms with van der Waals surface area (Å²) < 4.78 is 20.4. The Kier molecular flexibility index (Phi) is 3.30. The Morgan fingerprint density at radius 3 is 2.87 bits per heavy atom. The number of hydrogen-bond acceptors (Lipinski definition) is 5. The third kappa shape index (κ3) is 2.28. The molecule has 6 nitrogen and oxygen atoms in total. The molecule has 1 aliphatic rings. The zero-order chi connectivity index (χ0) is 16.0. The molecule has 0 spiro atoms. The average molecular weight is 315 g/mol. The van der Waals surface area contributed by atoms with E-state index in [9.17, 15) is 4.39 Å². The van der Waals surface area contributed by atoms with Gasteiger partial charge in [0.25, 0.3) is 0 Å². The Bertz CT molecular complexity index is 834. The maximum absolute atomic E-state index is 14.9. The maximum Gasteiger partial charge on any atom is 0.191 e. The number of aromatic nitrogens is 3. The lowest BCUT2D eigenvalue weighted by Crippen LogP contribution is -2.40. The predicted molar refractivity (Wildman–Crippen MR) is 85.7 cm³/mol. The summed E-state index contributed by atoms with van der Waals surface area (Å²) in [6.45, 7) is 3.35. The number of benzene rings is 1. The number of anilines is 1. The minimum absolute atomic E-state index is 0.198. The molecular formula is C16H18FN5O. The minimum Gasteiger partial charge on any atom is -0.368 e. The summed E-state index contributed by atoms with van der Waals surface area (Å²) >= 11 is 0. The maximum atomic E-state index is 14.9. The third-order valence-corrected chi connectivity index (χ3v) is 4.51. The predicted octanol–water partition coefficient (Wildman–Crippen LogP) is 2.59. The minimum atomic E-state index is -0.296. The summed E-state index contributed by atoms with van der Waals surface area (Å²) in [6.07, 6.45) is 5.05. The second kappa shape index (κ2) is 5.34. The number of nitrogens with one attached hydrogen (secondary N) is 1. The van der Waals surface area contributed by atoms with Crippen molar-refractivity contribution in [3.63, 3.8) is 0 Å². The molecule has 1 fully saturated rings. The van der Waals surface area contributed by atoms with Crippen LogP contribution < -0.4 is 10.6 Å². The van der Waals surface area contributed by atoms with Gasteiger partial charge in [-0.1, -0.05) is 5.16 Å². The topological polar surface area (TPSA) is 84.0 Å². The summed E-state index contributed by atoms with van der Waals surface area (Å²) in [6, 6.07) is 1.69. The van der Waals surface area contributed by atoms with Crippen molar-refractivity contribution in [2.75, 3.05) is 18.0 Å². The molecule has 0 aliphatic carbocycles. The fraction of sp³-hybridized carbons (Fsp3) is 0.375. The molecule has 3 heterocycles. The van der Waals surface area contributed by atoms with E-state index in [1.54, 1.807) is 12.4 Å². The number of nitrogens with two attached hydrogens (primary N) is 1. The quantitative estimate of drug-likeness (QED) is 0.759. The first-order valence-corrected chi connectivity index (χ1v) is 7.73. The fourth-order valence-electron chi connectivity index (χ4n) is 3.23. The Hall–Kier alpha value is -2.41. The highest BCUT2D eigenvalue weighted by Crippen LogP contribution is 2.41. The van der Waals surface area contributed by atoms with Gasteiger partial charge in [0.1, 0.15) is 5.82 Å². The Morgan fingerprint density at radius 2 is 2.17 bits per heavy atom. The molecule has 3 N–H and O–H groups in total. The van der Waals surface area contributed by atoms with E-state index in [1.807, 2.05) is 6.92 Å². The lowest BCUT2D eigenvalue weighted by molar-refractivity contribution is 0.447. The second-order valence-electron chi connectivity index (χ2n) is 6.04. The van der Waals surface area contributed by atoms with E-state index in [0.29, 0.717) is 27.8 Å². The summed E-state index contributed by atoms with van der Waals surface area (Å²) in [7, 11) is 0. The zero-order valence-electron chi connectivity index (χ0n) is 12.8. The lowest BCUT2D eigenvalue weighted by atomic mass is 9.99. The average Bonchev–Trinajstić information content (AvgIpc) is 3.18. The van der Waals surface area contributed by atoms with Gasteiger partial charge in [-0.3, -0.25) is 5.10 Å². The van der Waals surface area contributed by atoms with E-state index in [1.165, 1.54) is 6.07 Å². The number of aryl methyl sites for hydroxylation is 1. The largest absolute Gasteiger partial charge is 0.368 e. The molecule has 23 heavy (non-hydrogen) atoms. The van der Waals surface area contributed by atoms with Crippen LogP contribution in [0.25, 0.3) is 22.1 Å². The number of aromatic amines is 1. The highest BCUT2D eigenvalue weighted by Gasteiger charge is 2.27. The standard InChI is InChI=1S/C16H18FN5O/c1-9-12-6-13(17)14(10-7-19-20-8-10)15(16(12)23-21-9)22-4-2-11(18)3-5-22/h6-8,11H,2-5,18H2,1H3,(H,19,20). The van der Waals surface area contributed by atoms with E-state index in [-0.39, 0.29) is 11.9 Å². The van der Waals surface area contributed by atoms with Gasteiger partial charge in [0.2, 0.25) is 0 Å². The van der Waals surface area contributed by atoms with Crippen molar-refractivity contribution >= 4 is 16.7 Å². The number of H-pyrrole nitrogens is 1. The van der Waals surface area contributed by atoms with Crippen molar-refractivity contribution in [3.8, 4) is 11.1 Å². The van der Waals surface area contributed by atoms with Crippen molar-refractivity contribution in [3.05, 3.63) is 30.0 Å². The number of nitrogens with zero attached hydrogens (tertiary/aromatic N) is 3. The molecule has 0 atom stereocenters. The molecule has 0 unspecified atom stereocenters. The van der Waals surface area contributed by atoms with E-state index in [2.05, 4.69) is 20.3 Å². The molecule has 2 aromatic heterocycles. The van der Waals surface area contributed by atoms with Crippen LogP contribution in [-0.2, 0) is 0 Å². The smallest absolute Gasteiger partial charge is 0.191 e. The van der Waals surface area contributed by atoms with Gasteiger partial charge < -0.3 is 15.2 Å². The van der Waals surface area contributed by atoms with E-state index in [0.717, 1.165) is 31.6 Å². The number of halogens is 1. The van der Waals surface area contributed by atoms with E-state index in [4.69, 9.17) is 10.3 Å². The first-order chi connectivity index (χ1) is 11.1.